The Morgan fingerprint density at radius 1 is 1.15 bits per heavy atom. The third-order valence-electron chi connectivity index (χ3n) is 6.73. The smallest absolute Gasteiger partial charge is 0.243 e. The highest BCUT2D eigenvalue weighted by Crippen LogP contribution is 2.36. The molecule has 1 atom stereocenters. The third-order valence-corrected chi connectivity index (χ3v) is 6.73. The van der Waals surface area contributed by atoms with Crippen molar-refractivity contribution in [2.45, 2.75) is 45.1 Å². The van der Waals surface area contributed by atoms with Crippen LogP contribution in [0.15, 0.2) is 35.3 Å². The fourth-order valence-corrected chi connectivity index (χ4v) is 4.67. The van der Waals surface area contributed by atoms with Crippen LogP contribution in [0.5, 0.6) is 0 Å². The highest BCUT2D eigenvalue weighted by atomic mass is 127. The average molecular weight is 572 g/mol. The second kappa shape index (κ2) is 14.1. The number of morpholine rings is 1. The number of likely N-dealkylation sites (N-methyl/N-ethyl adjacent to an activating group) is 1. The molecule has 0 radical (unpaired) electrons. The standard InChI is InChI=1S/C25H41N5O2.HI/c1-21(22-10-6-4-7-11-22)28-24(26-18-23(31)29(2)3)27-19-25(12-8-5-9-13-25)20-30-14-16-32-17-15-30;/h4,6-7,10-11,21H,5,8-9,12-20H2,1-3H3,(H2,26,27,28);1H. The molecule has 33 heavy (non-hydrogen) atoms. The molecular weight excluding hydrogens is 529 g/mol. The maximum absolute atomic E-state index is 12.2. The predicted octanol–water partition coefficient (Wildman–Crippen LogP) is 3.27. The molecule has 2 aliphatic rings. The summed E-state index contributed by atoms with van der Waals surface area (Å²) >= 11 is 0. The van der Waals surface area contributed by atoms with Gasteiger partial charge in [-0.25, -0.2) is 4.99 Å². The van der Waals surface area contributed by atoms with Crippen LogP contribution >= 0.6 is 24.0 Å². The number of ether oxygens (including phenoxy) is 1. The molecule has 1 aliphatic carbocycles. The number of halogens is 1. The van der Waals surface area contributed by atoms with E-state index in [0.29, 0.717) is 5.96 Å². The zero-order valence-corrected chi connectivity index (χ0v) is 22.8. The Morgan fingerprint density at radius 2 is 1.82 bits per heavy atom. The second-order valence-electron chi connectivity index (χ2n) is 9.53. The van der Waals surface area contributed by atoms with Crippen LogP contribution in [0.4, 0.5) is 0 Å². The Hall–Kier alpha value is -1.39. The SMILES string of the molecule is CC(NC(=NCC(=O)N(C)C)NCC1(CN2CCOCC2)CCCCC1)c1ccccc1.I. The van der Waals surface area contributed by atoms with Gasteiger partial charge in [0, 0.05) is 45.7 Å². The molecule has 1 unspecified atom stereocenters. The van der Waals surface area contributed by atoms with Crippen LogP contribution in [0.25, 0.3) is 0 Å². The molecule has 1 heterocycles. The molecule has 0 bridgehead atoms. The van der Waals surface area contributed by atoms with Crippen LogP contribution < -0.4 is 10.6 Å². The number of amides is 1. The molecule has 2 N–H and O–H groups in total. The Kier molecular flexibility index (Phi) is 11.9. The largest absolute Gasteiger partial charge is 0.379 e. The molecule has 1 aromatic rings. The number of carbonyl (C=O) groups is 1. The van der Waals surface area contributed by atoms with E-state index < -0.39 is 0 Å². The number of hydrogen-bond donors (Lipinski definition) is 2. The molecule has 7 nitrogen and oxygen atoms in total. The molecule has 8 heteroatoms. The molecule has 2 fully saturated rings. The van der Waals surface area contributed by atoms with Crippen molar-refractivity contribution in [3.8, 4) is 0 Å². The number of nitrogens with one attached hydrogen (secondary N) is 2. The van der Waals surface area contributed by atoms with E-state index in [0.717, 1.165) is 39.4 Å². The molecule has 186 valence electrons. The van der Waals surface area contributed by atoms with Crippen molar-refractivity contribution in [2.24, 2.45) is 10.4 Å². The lowest BCUT2D eigenvalue weighted by Gasteiger charge is -2.42. The van der Waals surface area contributed by atoms with E-state index in [9.17, 15) is 4.79 Å². The van der Waals surface area contributed by atoms with E-state index in [4.69, 9.17) is 4.74 Å². The van der Waals surface area contributed by atoms with Crippen LogP contribution in [0.3, 0.4) is 0 Å². The number of nitrogens with zero attached hydrogens (tertiary/aromatic N) is 3. The highest BCUT2D eigenvalue weighted by Gasteiger charge is 2.34. The zero-order valence-electron chi connectivity index (χ0n) is 20.5. The van der Waals surface area contributed by atoms with Crippen molar-refractivity contribution < 1.29 is 9.53 Å². The van der Waals surface area contributed by atoms with Gasteiger partial charge in [0.1, 0.15) is 6.54 Å². The fraction of sp³-hybridized carbons (Fsp3) is 0.680. The molecule has 1 saturated heterocycles. The van der Waals surface area contributed by atoms with Crippen LogP contribution in [0.2, 0.25) is 0 Å². The quantitative estimate of drug-likeness (QED) is 0.285. The monoisotopic (exact) mass is 571 g/mol. The van der Waals surface area contributed by atoms with Crippen LogP contribution in [0, 0.1) is 5.41 Å². The summed E-state index contributed by atoms with van der Waals surface area (Å²) in [6.07, 6.45) is 6.36. The molecule has 1 saturated carbocycles. The van der Waals surface area contributed by atoms with E-state index in [1.807, 2.05) is 18.2 Å². The van der Waals surface area contributed by atoms with Crippen LogP contribution in [-0.2, 0) is 9.53 Å². The summed E-state index contributed by atoms with van der Waals surface area (Å²) in [5.74, 6) is 0.711. The van der Waals surface area contributed by atoms with Crippen molar-refractivity contribution in [1.29, 1.82) is 0 Å². The lowest BCUT2D eigenvalue weighted by molar-refractivity contribution is -0.127. The topological polar surface area (TPSA) is 69.2 Å². The van der Waals surface area contributed by atoms with Gasteiger partial charge in [-0.05, 0) is 25.3 Å². The minimum atomic E-state index is -0.000777. The van der Waals surface area contributed by atoms with E-state index in [1.165, 1.54) is 37.7 Å². The zero-order chi connectivity index (χ0) is 22.8. The molecule has 1 aromatic carbocycles. The Balaban J connectivity index is 0.00000385. The average Bonchev–Trinajstić information content (AvgIpc) is 2.82. The van der Waals surface area contributed by atoms with Crippen molar-refractivity contribution in [3.63, 3.8) is 0 Å². The normalized spacial score (nSPS) is 19.8. The highest BCUT2D eigenvalue weighted by molar-refractivity contribution is 14.0. The number of benzene rings is 1. The van der Waals surface area contributed by atoms with Gasteiger partial charge in [-0.3, -0.25) is 9.69 Å². The molecule has 0 aromatic heterocycles. The van der Waals surface area contributed by atoms with Crippen molar-refractivity contribution in [3.05, 3.63) is 35.9 Å². The number of aliphatic imine (C=N–C) groups is 1. The number of carbonyl (C=O) groups excluding carboxylic acids is 1. The summed E-state index contributed by atoms with van der Waals surface area (Å²) in [7, 11) is 3.54. The first-order valence-electron chi connectivity index (χ1n) is 12.1. The molecule has 0 spiro atoms. The summed E-state index contributed by atoms with van der Waals surface area (Å²) in [6, 6.07) is 10.4. The first-order valence-corrected chi connectivity index (χ1v) is 12.1. The first kappa shape index (κ1) is 27.9. The van der Waals surface area contributed by atoms with Gasteiger partial charge in [0.15, 0.2) is 5.96 Å². The summed E-state index contributed by atoms with van der Waals surface area (Å²) in [5.41, 5.74) is 1.43. The summed E-state index contributed by atoms with van der Waals surface area (Å²) in [5, 5.41) is 7.15. The van der Waals surface area contributed by atoms with Gasteiger partial charge in [-0.15, -0.1) is 24.0 Å². The Labute approximate surface area is 216 Å². The van der Waals surface area contributed by atoms with Gasteiger partial charge in [0.05, 0.1) is 19.3 Å². The van der Waals surface area contributed by atoms with Gasteiger partial charge >= 0.3 is 0 Å². The van der Waals surface area contributed by atoms with Gasteiger partial charge in [-0.2, -0.15) is 0 Å². The lowest BCUT2D eigenvalue weighted by Crippen LogP contribution is -2.51. The van der Waals surface area contributed by atoms with Gasteiger partial charge in [-0.1, -0.05) is 49.6 Å². The molecule has 3 rings (SSSR count). The van der Waals surface area contributed by atoms with Gasteiger partial charge < -0.3 is 20.3 Å². The third kappa shape index (κ3) is 9.05. The summed E-state index contributed by atoms with van der Waals surface area (Å²) in [4.78, 5) is 21.0. The Bertz CT molecular complexity index is 732. The second-order valence-corrected chi connectivity index (χ2v) is 9.53. The maximum Gasteiger partial charge on any atom is 0.243 e. The van der Waals surface area contributed by atoms with Crippen molar-refractivity contribution >= 4 is 35.8 Å². The van der Waals surface area contributed by atoms with E-state index in [2.05, 4.69) is 39.6 Å². The lowest BCUT2D eigenvalue weighted by atomic mass is 9.73. The van der Waals surface area contributed by atoms with Gasteiger partial charge in [0.25, 0.3) is 0 Å². The van der Waals surface area contributed by atoms with E-state index >= 15 is 0 Å². The van der Waals surface area contributed by atoms with Crippen molar-refractivity contribution in [2.75, 3.05) is 60.0 Å². The summed E-state index contributed by atoms with van der Waals surface area (Å²) in [6.45, 7) is 7.94. The van der Waals surface area contributed by atoms with Gasteiger partial charge in [0.2, 0.25) is 5.91 Å². The maximum atomic E-state index is 12.2. The summed E-state index contributed by atoms with van der Waals surface area (Å²) < 4.78 is 5.56. The number of rotatable bonds is 8. The molecule has 1 aliphatic heterocycles. The van der Waals surface area contributed by atoms with Crippen molar-refractivity contribution in [1.82, 2.24) is 20.4 Å². The number of guanidine groups is 1. The molecule has 1 amide bonds. The first-order chi connectivity index (χ1) is 15.5. The predicted molar refractivity (Wildman–Crippen MR) is 145 cm³/mol. The van der Waals surface area contributed by atoms with Crippen LogP contribution in [0.1, 0.15) is 50.6 Å². The Morgan fingerprint density at radius 3 is 2.45 bits per heavy atom. The van der Waals surface area contributed by atoms with E-state index in [1.54, 1.807) is 19.0 Å². The number of hydrogen-bond acceptors (Lipinski definition) is 4. The minimum Gasteiger partial charge on any atom is -0.379 e. The minimum absolute atomic E-state index is 0. The van der Waals surface area contributed by atoms with Crippen LogP contribution in [-0.4, -0.2) is 81.7 Å². The van der Waals surface area contributed by atoms with E-state index in [-0.39, 0.29) is 47.9 Å². The fourth-order valence-electron chi connectivity index (χ4n) is 4.67. The molecular formula is C25H42IN5O2.